The van der Waals surface area contributed by atoms with Crippen LogP contribution >= 0.6 is 11.8 Å². The molecule has 0 unspecified atom stereocenters. The molecule has 3 rings (SSSR count). The molecule has 0 radical (unpaired) electrons. The molecule has 1 aliphatic carbocycles. The summed E-state index contributed by atoms with van der Waals surface area (Å²) in [4.78, 5) is 5.22. The van der Waals surface area contributed by atoms with Gasteiger partial charge in [-0.1, -0.05) is 6.42 Å². The van der Waals surface area contributed by atoms with E-state index in [-0.39, 0.29) is 0 Å². The first kappa shape index (κ1) is 18.0. The summed E-state index contributed by atoms with van der Waals surface area (Å²) >= 11 is 2.07. The summed E-state index contributed by atoms with van der Waals surface area (Å²) < 4.78 is 5.43. The molecular formula is C18H35N3OS. The minimum Gasteiger partial charge on any atom is -0.379 e. The van der Waals surface area contributed by atoms with Gasteiger partial charge in [-0.2, -0.15) is 11.8 Å². The zero-order valence-electron chi connectivity index (χ0n) is 14.8. The molecule has 0 amide bonds. The molecule has 1 saturated carbocycles. The van der Waals surface area contributed by atoms with Gasteiger partial charge >= 0.3 is 0 Å². The van der Waals surface area contributed by atoms with Crippen molar-refractivity contribution in [2.24, 2.45) is 0 Å². The van der Waals surface area contributed by atoms with E-state index < -0.39 is 0 Å². The van der Waals surface area contributed by atoms with Gasteiger partial charge in [-0.05, 0) is 51.4 Å². The molecule has 0 spiro atoms. The number of hydrogen-bond donors (Lipinski definition) is 1. The third-order valence-corrected chi connectivity index (χ3v) is 6.95. The van der Waals surface area contributed by atoms with Crippen molar-refractivity contribution in [1.29, 1.82) is 0 Å². The fourth-order valence-electron chi connectivity index (χ4n) is 4.27. The van der Waals surface area contributed by atoms with E-state index in [4.69, 9.17) is 4.74 Å². The molecule has 3 aliphatic rings. The second kappa shape index (κ2) is 9.62. The summed E-state index contributed by atoms with van der Waals surface area (Å²) in [5.74, 6) is 0. The maximum Gasteiger partial charge on any atom is 0.0594 e. The predicted molar refractivity (Wildman–Crippen MR) is 99.4 cm³/mol. The van der Waals surface area contributed by atoms with Crippen molar-refractivity contribution < 1.29 is 4.74 Å². The van der Waals surface area contributed by atoms with Crippen LogP contribution in [-0.4, -0.2) is 85.9 Å². The van der Waals surface area contributed by atoms with Gasteiger partial charge in [0.15, 0.2) is 0 Å². The Morgan fingerprint density at radius 3 is 2.30 bits per heavy atom. The summed E-state index contributed by atoms with van der Waals surface area (Å²) in [5, 5.41) is 4.88. The largest absolute Gasteiger partial charge is 0.379 e. The van der Waals surface area contributed by atoms with Crippen LogP contribution in [0.15, 0.2) is 0 Å². The fourth-order valence-corrected chi connectivity index (χ4v) is 5.10. The zero-order valence-corrected chi connectivity index (χ0v) is 15.7. The van der Waals surface area contributed by atoms with Crippen LogP contribution in [0.2, 0.25) is 0 Å². The van der Waals surface area contributed by atoms with Crippen LogP contribution in [0.25, 0.3) is 0 Å². The summed E-state index contributed by atoms with van der Waals surface area (Å²) in [5.41, 5.74) is 0. The molecule has 0 bridgehead atoms. The highest BCUT2D eigenvalue weighted by atomic mass is 32.2. The van der Waals surface area contributed by atoms with E-state index in [1.807, 2.05) is 0 Å². The first-order chi connectivity index (χ1) is 11.3. The van der Waals surface area contributed by atoms with Crippen molar-refractivity contribution in [1.82, 2.24) is 15.1 Å². The van der Waals surface area contributed by atoms with Gasteiger partial charge in [0.2, 0.25) is 0 Å². The molecular weight excluding hydrogens is 306 g/mol. The maximum absolute atomic E-state index is 5.43. The van der Waals surface area contributed by atoms with Gasteiger partial charge in [-0.25, -0.2) is 0 Å². The Labute approximate surface area is 146 Å². The molecule has 2 atom stereocenters. The predicted octanol–water partition coefficient (Wildman–Crippen LogP) is 2.05. The van der Waals surface area contributed by atoms with Gasteiger partial charge in [-0.3, -0.25) is 4.90 Å². The Hall–Kier alpha value is 0.190. The number of nitrogens with zero attached hydrogens (tertiary/aromatic N) is 2. The lowest BCUT2D eigenvalue weighted by Gasteiger charge is -2.37. The average molecular weight is 342 g/mol. The molecule has 1 N–H and O–H groups in total. The molecule has 2 aliphatic heterocycles. The Balaban J connectivity index is 1.30. The van der Waals surface area contributed by atoms with Crippen LogP contribution < -0.4 is 5.32 Å². The van der Waals surface area contributed by atoms with Crippen molar-refractivity contribution in [3.8, 4) is 0 Å². The average Bonchev–Trinajstić information content (AvgIpc) is 2.62. The van der Waals surface area contributed by atoms with E-state index in [9.17, 15) is 0 Å². The third kappa shape index (κ3) is 5.89. The van der Waals surface area contributed by atoms with Crippen LogP contribution in [0.5, 0.6) is 0 Å². The third-order valence-electron chi connectivity index (χ3n) is 5.85. The molecule has 0 aromatic rings. The summed E-state index contributed by atoms with van der Waals surface area (Å²) in [6.45, 7) is 9.10. The Morgan fingerprint density at radius 2 is 1.61 bits per heavy atom. The van der Waals surface area contributed by atoms with Crippen LogP contribution in [0.4, 0.5) is 0 Å². The molecule has 0 aromatic heterocycles. The van der Waals surface area contributed by atoms with Gasteiger partial charge in [-0.15, -0.1) is 0 Å². The second-order valence-corrected chi connectivity index (χ2v) is 8.60. The molecule has 134 valence electrons. The first-order valence-electron chi connectivity index (χ1n) is 9.65. The molecule has 3 fully saturated rings. The minimum absolute atomic E-state index is 0.764. The monoisotopic (exact) mass is 341 g/mol. The second-order valence-electron chi connectivity index (χ2n) is 7.46. The molecule has 0 aromatic carbocycles. The number of piperidine rings is 1. The van der Waals surface area contributed by atoms with Crippen LogP contribution in [0.1, 0.15) is 38.5 Å². The molecule has 2 saturated heterocycles. The Morgan fingerprint density at radius 1 is 0.913 bits per heavy atom. The lowest BCUT2D eigenvalue weighted by atomic mass is 9.93. The number of rotatable bonds is 6. The Kier molecular flexibility index (Phi) is 7.52. The number of nitrogens with one attached hydrogen (secondary N) is 1. The van der Waals surface area contributed by atoms with E-state index in [1.54, 1.807) is 0 Å². The highest BCUT2D eigenvalue weighted by Gasteiger charge is 2.26. The van der Waals surface area contributed by atoms with Gasteiger partial charge in [0, 0.05) is 43.5 Å². The van der Waals surface area contributed by atoms with Crippen molar-refractivity contribution in [3.05, 3.63) is 0 Å². The van der Waals surface area contributed by atoms with E-state index in [0.717, 1.165) is 43.6 Å². The quantitative estimate of drug-likeness (QED) is 0.798. The van der Waals surface area contributed by atoms with Gasteiger partial charge < -0.3 is 15.0 Å². The lowest BCUT2D eigenvalue weighted by molar-refractivity contribution is 0.0317. The number of likely N-dealkylation sites (tertiary alicyclic amines) is 1. The number of ether oxygens (including phenoxy) is 1. The van der Waals surface area contributed by atoms with Crippen molar-refractivity contribution >= 4 is 11.8 Å². The number of hydrogen-bond acceptors (Lipinski definition) is 5. The van der Waals surface area contributed by atoms with E-state index in [2.05, 4.69) is 33.1 Å². The SMILES string of the molecule is CS[C@@H]1CCC[C@@H](NC2CCN(CCN3CCOCC3)CC2)C1. The maximum atomic E-state index is 5.43. The van der Waals surface area contributed by atoms with Crippen LogP contribution in [-0.2, 0) is 4.74 Å². The van der Waals surface area contributed by atoms with Gasteiger partial charge in [0.05, 0.1) is 13.2 Å². The van der Waals surface area contributed by atoms with Crippen LogP contribution in [0, 0.1) is 0 Å². The topological polar surface area (TPSA) is 27.7 Å². The summed E-state index contributed by atoms with van der Waals surface area (Å²) in [7, 11) is 0. The standard InChI is InChI=1S/C18H35N3OS/c1-23-18-4-2-3-17(15-18)19-16-5-7-20(8-6-16)9-10-21-11-13-22-14-12-21/h16-19H,2-15H2,1H3/t17-,18-/m1/s1. The molecule has 5 heteroatoms. The number of thioether (sulfide) groups is 1. The summed E-state index contributed by atoms with van der Waals surface area (Å²) in [6.07, 6.45) is 10.6. The van der Waals surface area contributed by atoms with Crippen LogP contribution in [0.3, 0.4) is 0 Å². The zero-order chi connectivity index (χ0) is 15.9. The van der Waals surface area contributed by atoms with E-state index in [1.165, 1.54) is 64.7 Å². The van der Waals surface area contributed by atoms with Crippen molar-refractivity contribution in [3.63, 3.8) is 0 Å². The molecule has 4 nitrogen and oxygen atoms in total. The Bertz CT molecular complexity index is 330. The van der Waals surface area contributed by atoms with E-state index in [0.29, 0.717) is 0 Å². The minimum atomic E-state index is 0.764. The molecule has 2 heterocycles. The summed E-state index contributed by atoms with van der Waals surface area (Å²) in [6, 6.07) is 1.55. The van der Waals surface area contributed by atoms with Crippen molar-refractivity contribution in [2.45, 2.75) is 55.9 Å². The number of morpholine rings is 1. The smallest absolute Gasteiger partial charge is 0.0594 e. The highest BCUT2D eigenvalue weighted by molar-refractivity contribution is 7.99. The first-order valence-corrected chi connectivity index (χ1v) is 10.9. The normalized spacial score (nSPS) is 32.2. The van der Waals surface area contributed by atoms with Crippen molar-refractivity contribution in [2.75, 3.05) is 58.7 Å². The highest BCUT2D eigenvalue weighted by Crippen LogP contribution is 2.27. The van der Waals surface area contributed by atoms with Gasteiger partial charge in [0.25, 0.3) is 0 Å². The lowest BCUT2D eigenvalue weighted by Crippen LogP contribution is -2.49. The fraction of sp³-hybridized carbons (Fsp3) is 1.00. The van der Waals surface area contributed by atoms with E-state index >= 15 is 0 Å². The molecule has 23 heavy (non-hydrogen) atoms. The van der Waals surface area contributed by atoms with Gasteiger partial charge in [0.1, 0.15) is 0 Å².